The van der Waals surface area contributed by atoms with Crippen LogP contribution in [0, 0.1) is 5.92 Å². The van der Waals surface area contributed by atoms with E-state index in [-0.39, 0.29) is 17.7 Å². The largest absolute Gasteiger partial charge is 0.531 e. The average molecular weight is 335 g/mol. The zero-order chi connectivity index (χ0) is 16.4. The van der Waals surface area contributed by atoms with Gasteiger partial charge in [-0.3, -0.25) is 0 Å². The minimum absolute atomic E-state index is 0.138. The highest BCUT2D eigenvalue weighted by Crippen LogP contribution is 2.26. The van der Waals surface area contributed by atoms with Gasteiger partial charge >= 0.3 is 8.80 Å². The summed E-state index contributed by atoms with van der Waals surface area (Å²) in [5.41, 5.74) is -0.138. The van der Waals surface area contributed by atoms with Crippen LogP contribution in [0.3, 0.4) is 0 Å². The number of epoxide rings is 1. The van der Waals surface area contributed by atoms with E-state index in [0.717, 1.165) is 25.9 Å². The lowest BCUT2D eigenvalue weighted by molar-refractivity contribution is -0.0344. The summed E-state index contributed by atoms with van der Waals surface area (Å²) < 4.78 is 30.0. The van der Waals surface area contributed by atoms with Crippen LogP contribution in [0.5, 0.6) is 0 Å². The minimum atomic E-state index is -2.87. The molecule has 0 aromatic heterocycles. The summed E-state index contributed by atoms with van der Waals surface area (Å²) >= 11 is 0. The van der Waals surface area contributed by atoms with Crippen LogP contribution >= 0.6 is 0 Å². The van der Waals surface area contributed by atoms with Crippen molar-refractivity contribution in [1.29, 1.82) is 0 Å². The maximum atomic E-state index is 6.19. The predicted octanol–water partition coefficient (Wildman–Crippen LogP) is 3.18. The zero-order valence-electron chi connectivity index (χ0n) is 14.9. The molecule has 1 fully saturated rings. The molecule has 0 N–H and O–H groups in total. The van der Waals surface area contributed by atoms with Gasteiger partial charge in [-0.1, -0.05) is 34.6 Å². The highest BCUT2D eigenvalue weighted by atomic mass is 28.4. The summed E-state index contributed by atoms with van der Waals surface area (Å²) in [7, 11) is -2.87. The molecule has 0 aromatic rings. The van der Waals surface area contributed by atoms with Crippen molar-refractivity contribution in [3.8, 4) is 0 Å². The Labute approximate surface area is 137 Å². The van der Waals surface area contributed by atoms with Crippen molar-refractivity contribution in [3.05, 3.63) is 0 Å². The van der Waals surface area contributed by atoms with E-state index < -0.39 is 8.80 Å². The standard InChI is InChI=1S/C16H34O5Si/c1-6-9-19-22(20-10-7-2,21-11-8-3)16(14(4)5)18-13-15-12-17-15/h14-16H,6-13H2,1-5H3. The van der Waals surface area contributed by atoms with Gasteiger partial charge in [-0.2, -0.15) is 0 Å². The normalized spacial score (nSPS) is 19.6. The minimum Gasteiger partial charge on any atom is -0.372 e. The lowest BCUT2D eigenvalue weighted by Crippen LogP contribution is -2.60. The lowest BCUT2D eigenvalue weighted by atomic mass is 10.2. The fourth-order valence-corrected chi connectivity index (χ4v) is 5.51. The van der Waals surface area contributed by atoms with Crippen molar-refractivity contribution in [1.82, 2.24) is 0 Å². The molecule has 0 bridgehead atoms. The molecule has 0 aliphatic carbocycles. The van der Waals surface area contributed by atoms with Crippen molar-refractivity contribution in [3.63, 3.8) is 0 Å². The van der Waals surface area contributed by atoms with Crippen molar-refractivity contribution in [2.45, 2.75) is 65.7 Å². The molecular formula is C16H34O5Si. The van der Waals surface area contributed by atoms with Crippen LogP contribution in [0.1, 0.15) is 53.9 Å². The van der Waals surface area contributed by atoms with Gasteiger partial charge in [0.2, 0.25) is 0 Å². The summed E-state index contributed by atoms with van der Waals surface area (Å²) in [5, 5.41) is 0. The van der Waals surface area contributed by atoms with Gasteiger partial charge in [-0.25, -0.2) is 0 Å². The van der Waals surface area contributed by atoms with E-state index in [0.29, 0.717) is 26.4 Å². The summed E-state index contributed by atoms with van der Waals surface area (Å²) in [6.07, 6.45) is 3.06. The first-order valence-corrected chi connectivity index (χ1v) is 10.5. The Morgan fingerprint density at radius 2 is 1.41 bits per heavy atom. The van der Waals surface area contributed by atoms with Crippen LogP contribution in [0.2, 0.25) is 0 Å². The quantitative estimate of drug-likeness (QED) is 0.361. The number of ether oxygens (including phenoxy) is 2. The Morgan fingerprint density at radius 1 is 0.955 bits per heavy atom. The summed E-state index contributed by atoms with van der Waals surface area (Å²) in [6.45, 7) is 13.9. The van der Waals surface area contributed by atoms with Crippen LogP contribution in [0.4, 0.5) is 0 Å². The Balaban J connectivity index is 2.84. The lowest BCUT2D eigenvalue weighted by Gasteiger charge is -2.37. The number of hydrogen-bond donors (Lipinski definition) is 0. The van der Waals surface area contributed by atoms with E-state index in [2.05, 4.69) is 34.6 Å². The Bertz CT molecular complexity index is 262. The fraction of sp³-hybridized carbons (Fsp3) is 1.00. The Hall–Kier alpha value is 0.0169. The molecule has 22 heavy (non-hydrogen) atoms. The van der Waals surface area contributed by atoms with Gasteiger partial charge in [0.1, 0.15) is 11.8 Å². The van der Waals surface area contributed by atoms with Crippen molar-refractivity contribution < 1.29 is 22.8 Å². The summed E-state index contributed by atoms with van der Waals surface area (Å²) in [5.74, 6) is 0.274. The molecule has 5 nitrogen and oxygen atoms in total. The van der Waals surface area contributed by atoms with Gasteiger partial charge in [0.25, 0.3) is 0 Å². The Kier molecular flexibility index (Phi) is 9.78. The van der Waals surface area contributed by atoms with E-state index in [1.807, 2.05) is 0 Å². The van der Waals surface area contributed by atoms with Crippen LogP contribution in [0.15, 0.2) is 0 Å². The highest BCUT2D eigenvalue weighted by molar-refractivity contribution is 6.62. The van der Waals surface area contributed by atoms with Crippen molar-refractivity contribution >= 4 is 8.80 Å². The number of rotatable bonds is 14. The molecule has 0 radical (unpaired) electrons. The molecule has 1 heterocycles. The molecule has 2 atom stereocenters. The fourth-order valence-electron chi connectivity index (χ4n) is 2.18. The van der Waals surface area contributed by atoms with Crippen LogP contribution in [0.25, 0.3) is 0 Å². The molecule has 0 amide bonds. The highest BCUT2D eigenvalue weighted by Gasteiger charge is 2.52. The van der Waals surface area contributed by atoms with E-state index in [1.54, 1.807) is 0 Å². The third-order valence-corrected chi connectivity index (χ3v) is 6.69. The first kappa shape index (κ1) is 20.1. The molecule has 0 aromatic carbocycles. The first-order chi connectivity index (χ1) is 10.6. The molecule has 132 valence electrons. The average Bonchev–Trinajstić information content (AvgIpc) is 3.32. The van der Waals surface area contributed by atoms with E-state index in [9.17, 15) is 0 Å². The van der Waals surface area contributed by atoms with Crippen LogP contribution < -0.4 is 0 Å². The molecule has 2 unspecified atom stereocenters. The van der Waals surface area contributed by atoms with Gasteiger partial charge < -0.3 is 22.8 Å². The SMILES string of the molecule is CCCO[Si](OCCC)(OCCC)C(OCC1CO1)C(C)C. The first-order valence-electron chi connectivity index (χ1n) is 8.74. The molecule has 0 spiro atoms. The van der Waals surface area contributed by atoms with Crippen molar-refractivity contribution in [2.75, 3.05) is 33.0 Å². The van der Waals surface area contributed by atoms with Gasteiger partial charge in [0.15, 0.2) is 0 Å². The second kappa shape index (κ2) is 10.7. The van der Waals surface area contributed by atoms with Gasteiger partial charge in [0, 0.05) is 19.8 Å². The predicted molar refractivity (Wildman–Crippen MR) is 88.8 cm³/mol. The number of hydrogen-bond acceptors (Lipinski definition) is 5. The van der Waals surface area contributed by atoms with Crippen LogP contribution in [-0.4, -0.2) is 53.7 Å². The van der Waals surface area contributed by atoms with E-state index in [1.165, 1.54) is 0 Å². The topological polar surface area (TPSA) is 49.5 Å². The Morgan fingerprint density at radius 3 is 1.73 bits per heavy atom. The van der Waals surface area contributed by atoms with Gasteiger partial charge in [0.05, 0.1) is 13.2 Å². The van der Waals surface area contributed by atoms with Crippen molar-refractivity contribution in [2.24, 2.45) is 5.92 Å². The molecule has 6 heteroatoms. The summed E-state index contributed by atoms with van der Waals surface area (Å²) in [4.78, 5) is 0. The smallest absolute Gasteiger partial charge is 0.372 e. The third-order valence-electron chi connectivity index (χ3n) is 3.34. The molecule has 1 aliphatic rings. The second-order valence-corrected chi connectivity index (χ2v) is 8.74. The summed E-state index contributed by atoms with van der Waals surface area (Å²) in [6, 6.07) is 0. The van der Waals surface area contributed by atoms with Crippen LogP contribution in [-0.2, 0) is 22.8 Å². The molecular weight excluding hydrogens is 300 g/mol. The monoisotopic (exact) mass is 334 g/mol. The van der Waals surface area contributed by atoms with E-state index in [4.69, 9.17) is 22.8 Å². The van der Waals surface area contributed by atoms with E-state index >= 15 is 0 Å². The molecule has 0 saturated carbocycles. The van der Waals surface area contributed by atoms with Gasteiger partial charge in [-0.05, 0) is 25.2 Å². The van der Waals surface area contributed by atoms with Gasteiger partial charge in [-0.15, -0.1) is 0 Å². The molecule has 1 saturated heterocycles. The maximum Gasteiger partial charge on any atom is 0.531 e. The second-order valence-electron chi connectivity index (χ2n) is 6.10. The molecule has 1 rings (SSSR count). The molecule has 1 aliphatic heterocycles. The zero-order valence-corrected chi connectivity index (χ0v) is 15.9. The third kappa shape index (κ3) is 6.64. The maximum absolute atomic E-state index is 6.19.